The van der Waals surface area contributed by atoms with Crippen molar-refractivity contribution in [3.63, 3.8) is 0 Å². The molecular weight excluding hydrogens is 236 g/mol. The highest BCUT2D eigenvalue weighted by Crippen LogP contribution is 2.44. The number of carbonyl (C=O) groups is 1. The van der Waals surface area contributed by atoms with Crippen molar-refractivity contribution in [3.8, 4) is 0 Å². The molecule has 0 N–H and O–H groups in total. The van der Waals surface area contributed by atoms with Crippen LogP contribution in [0.2, 0.25) is 0 Å². The molecule has 0 saturated carbocycles. The molecule has 1 saturated heterocycles. The molecule has 0 aromatic heterocycles. The van der Waals surface area contributed by atoms with E-state index in [4.69, 9.17) is 0 Å². The number of fused-ring (bicyclic) bond motifs is 3. The van der Waals surface area contributed by atoms with Crippen LogP contribution in [0, 0.1) is 6.92 Å². The van der Waals surface area contributed by atoms with Crippen molar-refractivity contribution in [2.24, 2.45) is 0 Å². The number of likely N-dealkylation sites (N-methyl/N-ethyl adjacent to an activating group) is 1. The van der Waals surface area contributed by atoms with Crippen molar-refractivity contribution in [1.29, 1.82) is 0 Å². The van der Waals surface area contributed by atoms with E-state index in [0.29, 0.717) is 0 Å². The quantitative estimate of drug-likeness (QED) is 0.813. The zero-order chi connectivity index (χ0) is 13.6. The van der Waals surface area contributed by atoms with Crippen molar-refractivity contribution >= 4 is 5.91 Å². The van der Waals surface area contributed by atoms with E-state index in [1.54, 1.807) is 0 Å². The topological polar surface area (TPSA) is 23.6 Å². The van der Waals surface area contributed by atoms with Crippen LogP contribution in [0.15, 0.2) is 18.2 Å². The number of carbonyl (C=O) groups excluding carboxylic acids is 1. The van der Waals surface area contributed by atoms with Gasteiger partial charge in [0.2, 0.25) is 0 Å². The molecule has 1 unspecified atom stereocenters. The highest BCUT2D eigenvalue weighted by Gasteiger charge is 2.51. The molecule has 19 heavy (non-hydrogen) atoms. The molecule has 0 spiro atoms. The van der Waals surface area contributed by atoms with Crippen LogP contribution in [-0.2, 0) is 5.54 Å². The Kier molecular flexibility index (Phi) is 2.90. The van der Waals surface area contributed by atoms with Gasteiger partial charge in [0, 0.05) is 25.2 Å². The lowest BCUT2D eigenvalue weighted by Gasteiger charge is -2.46. The number of amides is 1. The maximum Gasteiger partial charge on any atom is 0.255 e. The van der Waals surface area contributed by atoms with Crippen LogP contribution in [0.1, 0.15) is 41.3 Å². The van der Waals surface area contributed by atoms with E-state index in [1.165, 1.54) is 11.1 Å². The second-order valence-corrected chi connectivity index (χ2v) is 6.03. The van der Waals surface area contributed by atoms with Gasteiger partial charge in [0.25, 0.3) is 5.91 Å². The smallest absolute Gasteiger partial charge is 0.255 e. The maximum absolute atomic E-state index is 12.7. The van der Waals surface area contributed by atoms with Gasteiger partial charge in [-0.2, -0.15) is 0 Å². The number of hydrogen-bond acceptors (Lipinski definition) is 2. The van der Waals surface area contributed by atoms with E-state index in [0.717, 1.165) is 38.0 Å². The van der Waals surface area contributed by atoms with Crippen LogP contribution in [-0.4, -0.2) is 42.4 Å². The molecule has 3 rings (SSSR count). The summed E-state index contributed by atoms with van der Waals surface area (Å²) in [7, 11) is 2.16. The van der Waals surface area contributed by atoms with E-state index in [-0.39, 0.29) is 11.4 Å². The summed E-state index contributed by atoms with van der Waals surface area (Å²) >= 11 is 0. The van der Waals surface area contributed by atoms with Gasteiger partial charge in [0.05, 0.1) is 5.54 Å². The lowest BCUT2D eigenvalue weighted by Crippen LogP contribution is -2.57. The molecule has 102 valence electrons. The SMILES string of the molecule is CCCC12CN(C)CCN1C(=O)c1cc(C)ccc12. The first-order chi connectivity index (χ1) is 9.08. The van der Waals surface area contributed by atoms with Crippen molar-refractivity contribution in [2.45, 2.75) is 32.2 Å². The Hall–Kier alpha value is -1.35. The van der Waals surface area contributed by atoms with Crippen molar-refractivity contribution in [1.82, 2.24) is 9.80 Å². The predicted molar refractivity (Wildman–Crippen MR) is 76.3 cm³/mol. The van der Waals surface area contributed by atoms with Gasteiger partial charge in [0.15, 0.2) is 0 Å². The Morgan fingerprint density at radius 3 is 2.84 bits per heavy atom. The first-order valence-electron chi connectivity index (χ1n) is 7.20. The molecule has 3 nitrogen and oxygen atoms in total. The van der Waals surface area contributed by atoms with Crippen molar-refractivity contribution < 1.29 is 4.79 Å². The minimum atomic E-state index is -0.0815. The van der Waals surface area contributed by atoms with E-state index < -0.39 is 0 Å². The Morgan fingerprint density at radius 1 is 1.32 bits per heavy atom. The average molecular weight is 258 g/mol. The Balaban J connectivity index is 2.16. The summed E-state index contributed by atoms with van der Waals surface area (Å²) in [5, 5.41) is 0. The van der Waals surface area contributed by atoms with E-state index >= 15 is 0 Å². The minimum absolute atomic E-state index is 0.0815. The number of aryl methyl sites for hydroxylation is 1. The maximum atomic E-state index is 12.7. The van der Waals surface area contributed by atoms with Crippen molar-refractivity contribution in [2.75, 3.05) is 26.7 Å². The first-order valence-corrected chi connectivity index (χ1v) is 7.20. The Morgan fingerprint density at radius 2 is 2.11 bits per heavy atom. The molecule has 0 bridgehead atoms. The van der Waals surface area contributed by atoms with Gasteiger partial charge in [0.1, 0.15) is 0 Å². The lowest BCUT2D eigenvalue weighted by atomic mass is 9.83. The highest BCUT2D eigenvalue weighted by molar-refractivity contribution is 6.00. The fraction of sp³-hybridized carbons (Fsp3) is 0.562. The number of rotatable bonds is 2. The van der Waals surface area contributed by atoms with E-state index in [9.17, 15) is 4.79 Å². The second-order valence-electron chi connectivity index (χ2n) is 6.03. The van der Waals surface area contributed by atoms with E-state index in [1.807, 2.05) is 0 Å². The highest BCUT2D eigenvalue weighted by atomic mass is 16.2. The van der Waals surface area contributed by atoms with Gasteiger partial charge in [-0.05, 0) is 32.0 Å². The Bertz CT molecular complexity index is 525. The fourth-order valence-corrected chi connectivity index (χ4v) is 3.77. The Labute approximate surface area is 115 Å². The van der Waals surface area contributed by atoms with E-state index in [2.05, 4.69) is 48.9 Å². The molecule has 0 aliphatic carbocycles. The van der Waals surface area contributed by atoms with Crippen molar-refractivity contribution in [3.05, 3.63) is 34.9 Å². The van der Waals surface area contributed by atoms with Gasteiger partial charge in [-0.1, -0.05) is 31.0 Å². The summed E-state index contributed by atoms with van der Waals surface area (Å²) < 4.78 is 0. The first kappa shape index (κ1) is 12.7. The molecular formula is C16H22N2O. The molecule has 1 aromatic carbocycles. The molecule has 1 atom stereocenters. The summed E-state index contributed by atoms with van der Waals surface area (Å²) in [5.41, 5.74) is 3.27. The lowest BCUT2D eigenvalue weighted by molar-refractivity contribution is 0.0136. The standard InChI is InChI=1S/C16H22N2O/c1-4-7-16-11-17(3)8-9-18(16)15(19)13-10-12(2)5-6-14(13)16/h5-6,10H,4,7-9,11H2,1-3H3. The normalized spacial score (nSPS) is 26.5. The summed E-state index contributed by atoms with van der Waals surface area (Å²) in [6, 6.07) is 6.38. The number of nitrogens with zero attached hydrogens (tertiary/aromatic N) is 2. The third-order valence-corrected chi connectivity index (χ3v) is 4.57. The largest absolute Gasteiger partial charge is 0.326 e. The van der Waals surface area contributed by atoms with Gasteiger partial charge in [-0.3, -0.25) is 4.79 Å². The molecule has 1 amide bonds. The third kappa shape index (κ3) is 1.71. The molecule has 3 heteroatoms. The van der Waals surface area contributed by atoms with Crippen LogP contribution < -0.4 is 0 Å². The number of hydrogen-bond donors (Lipinski definition) is 0. The van der Waals surface area contributed by atoms with Crippen LogP contribution in [0.5, 0.6) is 0 Å². The minimum Gasteiger partial charge on any atom is -0.326 e. The average Bonchev–Trinajstić information content (AvgIpc) is 2.59. The molecule has 2 aliphatic rings. The second kappa shape index (κ2) is 4.34. The monoisotopic (exact) mass is 258 g/mol. The third-order valence-electron chi connectivity index (χ3n) is 4.57. The van der Waals surface area contributed by atoms with Gasteiger partial charge < -0.3 is 9.80 Å². The van der Waals surface area contributed by atoms with Crippen LogP contribution in [0.25, 0.3) is 0 Å². The summed E-state index contributed by atoms with van der Waals surface area (Å²) in [4.78, 5) is 17.2. The predicted octanol–water partition coefficient (Wildman–Crippen LogP) is 2.39. The van der Waals surface area contributed by atoms with Crippen LogP contribution in [0.4, 0.5) is 0 Å². The summed E-state index contributed by atoms with van der Waals surface area (Å²) in [6.07, 6.45) is 2.16. The van der Waals surface area contributed by atoms with Gasteiger partial charge in [-0.15, -0.1) is 0 Å². The summed E-state index contributed by atoms with van der Waals surface area (Å²) in [5.74, 6) is 0.236. The zero-order valence-electron chi connectivity index (χ0n) is 12.1. The van der Waals surface area contributed by atoms with Gasteiger partial charge >= 0.3 is 0 Å². The number of benzene rings is 1. The fourth-order valence-electron chi connectivity index (χ4n) is 3.77. The molecule has 1 fully saturated rings. The zero-order valence-corrected chi connectivity index (χ0v) is 12.1. The molecule has 2 heterocycles. The molecule has 1 aromatic rings. The molecule has 2 aliphatic heterocycles. The van der Waals surface area contributed by atoms with Crippen LogP contribution in [0.3, 0.4) is 0 Å². The number of piperazine rings is 1. The summed E-state index contributed by atoms with van der Waals surface area (Å²) in [6.45, 7) is 7.05. The van der Waals surface area contributed by atoms with Gasteiger partial charge in [-0.25, -0.2) is 0 Å². The van der Waals surface area contributed by atoms with Crippen LogP contribution >= 0.6 is 0 Å². The molecule has 0 radical (unpaired) electrons.